The van der Waals surface area contributed by atoms with Gasteiger partial charge in [-0.2, -0.15) is 5.10 Å². The number of carbonyl (C=O) groups is 1. The van der Waals surface area contributed by atoms with E-state index in [1.165, 1.54) is 6.20 Å². The molecule has 1 amide bonds. The van der Waals surface area contributed by atoms with Gasteiger partial charge < -0.3 is 10.4 Å². The van der Waals surface area contributed by atoms with Crippen LogP contribution in [0.5, 0.6) is 0 Å². The summed E-state index contributed by atoms with van der Waals surface area (Å²) in [5, 5.41) is 20.1. The fourth-order valence-corrected chi connectivity index (χ4v) is 2.66. The molecule has 5 nitrogen and oxygen atoms in total. The number of amides is 1. The van der Waals surface area contributed by atoms with Gasteiger partial charge in [0.25, 0.3) is 5.91 Å². The SMILES string of the molecule is O=C(NCC1(O)CCC1)c1cn[nH]c1-c1ccccc1Cl. The maximum Gasteiger partial charge on any atom is 0.255 e. The highest BCUT2D eigenvalue weighted by Gasteiger charge is 2.34. The fourth-order valence-electron chi connectivity index (χ4n) is 2.43. The van der Waals surface area contributed by atoms with Gasteiger partial charge in [0, 0.05) is 17.1 Å². The molecule has 2 aromatic rings. The molecule has 0 unspecified atom stereocenters. The lowest BCUT2D eigenvalue weighted by Gasteiger charge is -2.36. The summed E-state index contributed by atoms with van der Waals surface area (Å²) in [6, 6.07) is 7.26. The predicted molar refractivity (Wildman–Crippen MR) is 80.2 cm³/mol. The van der Waals surface area contributed by atoms with Gasteiger partial charge in [-0.05, 0) is 25.3 Å². The van der Waals surface area contributed by atoms with Gasteiger partial charge in [0.15, 0.2) is 0 Å². The zero-order valence-electron chi connectivity index (χ0n) is 11.4. The second-order valence-electron chi connectivity index (χ2n) is 5.40. The summed E-state index contributed by atoms with van der Waals surface area (Å²) in [5.74, 6) is -0.265. The van der Waals surface area contributed by atoms with Crippen LogP contribution in [0, 0.1) is 0 Å². The van der Waals surface area contributed by atoms with Crippen molar-refractivity contribution in [3.63, 3.8) is 0 Å². The number of benzene rings is 1. The van der Waals surface area contributed by atoms with Crippen LogP contribution in [0.4, 0.5) is 0 Å². The lowest BCUT2D eigenvalue weighted by molar-refractivity contribution is -0.0300. The summed E-state index contributed by atoms with van der Waals surface area (Å²) in [6.45, 7) is 0.263. The van der Waals surface area contributed by atoms with Crippen molar-refractivity contribution in [2.24, 2.45) is 0 Å². The molecule has 0 atom stereocenters. The molecule has 6 heteroatoms. The summed E-state index contributed by atoms with van der Waals surface area (Å²) in [4.78, 5) is 12.3. The van der Waals surface area contributed by atoms with E-state index in [-0.39, 0.29) is 12.5 Å². The second kappa shape index (κ2) is 5.50. The standard InChI is InChI=1S/C15H16ClN3O2/c16-12-5-2-1-4-10(12)13-11(8-18-19-13)14(20)17-9-15(21)6-3-7-15/h1-2,4-5,8,21H,3,6-7,9H2,(H,17,20)(H,18,19). The number of hydrogen-bond donors (Lipinski definition) is 3. The molecule has 0 saturated heterocycles. The first-order valence-corrected chi connectivity index (χ1v) is 7.26. The highest BCUT2D eigenvalue weighted by atomic mass is 35.5. The van der Waals surface area contributed by atoms with E-state index in [9.17, 15) is 9.90 Å². The monoisotopic (exact) mass is 305 g/mol. The van der Waals surface area contributed by atoms with Crippen LogP contribution in [0.1, 0.15) is 29.6 Å². The topological polar surface area (TPSA) is 78.0 Å². The zero-order chi connectivity index (χ0) is 14.9. The molecule has 0 aliphatic heterocycles. The van der Waals surface area contributed by atoms with Crippen LogP contribution in [-0.2, 0) is 0 Å². The van der Waals surface area contributed by atoms with Gasteiger partial charge in [-0.25, -0.2) is 0 Å². The van der Waals surface area contributed by atoms with Gasteiger partial charge in [0.1, 0.15) is 0 Å². The van der Waals surface area contributed by atoms with E-state index in [1.807, 2.05) is 18.2 Å². The fraction of sp³-hybridized carbons (Fsp3) is 0.333. The Hall–Kier alpha value is -1.85. The molecule has 3 N–H and O–H groups in total. The number of carbonyl (C=O) groups excluding carboxylic acids is 1. The van der Waals surface area contributed by atoms with E-state index in [0.29, 0.717) is 16.3 Å². The third kappa shape index (κ3) is 2.80. The van der Waals surface area contributed by atoms with Crippen LogP contribution in [0.25, 0.3) is 11.3 Å². The Morgan fingerprint density at radius 3 is 2.86 bits per heavy atom. The summed E-state index contributed by atoms with van der Waals surface area (Å²) in [6.07, 6.45) is 3.94. The molecule has 0 spiro atoms. The van der Waals surface area contributed by atoms with E-state index in [4.69, 9.17) is 11.6 Å². The lowest BCUT2D eigenvalue weighted by Crippen LogP contribution is -2.47. The van der Waals surface area contributed by atoms with Crippen molar-refractivity contribution in [3.05, 3.63) is 41.0 Å². The summed E-state index contributed by atoms with van der Waals surface area (Å²) in [7, 11) is 0. The number of aliphatic hydroxyl groups is 1. The van der Waals surface area contributed by atoms with Gasteiger partial charge in [-0.15, -0.1) is 0 Å². The van der Waals surface area contributed by atoms with Crippen molar-refractivity contribution in [3.8, 4) is 11.3 Å². The molecule has 1 saturated carbocycles. The number of rotatable bonds is 4. The van der Waals surface area contributed by atoms with E-state index in [0.717, 1.165) is 24.8 Å². The Morgan fingerprint density at radius 1 is 1.43 bits per heavy atom. The molecule has 1 fully saturated rings. The normalized spacial score (nSPS) is 16.3. The van der Waals surface area contributed by atoms with Crippen molar-refractivity contribution < 1.29 is 9.90 Å². The second-order valence-corrected chi connectivity index (χ2v) is 5.81. The average molecular weight is 306 g/mol. The number of H-pyrrole nitrogens is 1. The van der Waals surface area contributed by atoms with E-state index < -0.39 is 5.60 Å². The Kier molecular flexibility index (Phi) is 3.69. The lowest BCUT2D eigenvalue weighted by atomic mass is 9.80. The van der Waals surface area contributed by atoms with E-state index in [2.05, 4.69) is 15.5 Å². The minimum absolute atomic E-state index is 0.263. The van der Waals surface area contributed by atoms with Crippen molar-refractivity contribution >= 4 is 17.5 Å². The molecular formula is C15H16ClN3O2. The number of nitrogens with zero attached hydrogens (tertiary/aromatic N) is 1. The smallest absolute Gasteiger partial charge is 0.255 e. The molecule has 0 bridgehead atoms. The first kappa shape index (κ1) is 14.1. The minimum Gasteiger partial charge on any atom is -0.388 e. The van der Waals surface area contributed by atoms with Crippen LogP contribution in [0.2, 0.25) is 5.02 Å². The third-order valence-electron chi connectivity index (χ3n) is 3.89. The molecule has 21 heavy (non-hydrogen) atoms. The van der Waals surface area contributed by atoms with Gasteiger partial charge in [-0.3, -0.25) is 9.89 Å². The molecule has 1 aromatic heterocycles. The largest absolute Gasteiger partial charge is 0.388 e. The predicted octanol–water partition coefficient (Wildman–Crippen LogP) is 2.37. The molecule has 0 radical (unpaired) electrons. The first-order valence-electron chi connectivity index (χ1n) is 6.88. The van der Waals surface area contributed by atoms with Crippen LogP contribution >= 0.6 is 11.6 Å². The molecule has 1 aromatic carbocycles. The maximum absolute atomic E-state index is 12.3. The minimum atomic E-state index is -0.746. The maximum atomic E-state index is 12.3. The summed E-state index contributed by atoms with van der Waals surface area (Å²) >= 11 is 6.15. The highest BCUT2D eigenvalue weighted by Crippen LogP contribution is 2.31. The van der Waals surface area contributed by atoms with E-state index in [1.54, 1.807) is 6.07 Å². The summed E-state index contributed by atoms with van der Waals surface area (Å²) in [5.41, 5.74) is 0.984. The highest BCUT2D eigenvalue weighted by molar-refractivity contribution is 6.33. The average Bonchev–Trinajstić information content (AvgIpc) is 2.92. The molecule has 1 heterocycles. The van der Waals surface area contributed by atoms with Crippen LogP contribution in [0.3, 0.4) is 0 Å². The van der Waals surface area contributed by atoms with Crippen molar-refractivity contribution in [1.82, 2.24) is 15.5 Å². The number of hydrogen-bond acceptors (Lipinski definition) is 3. The molecule has 1 aliphatic carbocycles. The number of halogens is 1. The van der Waals surface area contributed by atoms with Gasteiger partial charge in [0.2, 0.25) is 0 Å². The van der Waals surface area contributed by atoms with Crippen molar-refractivity contribution in [1.29, 1.82) is 0 Å². The van der Waals surface area contributed by atoms with Crippen molar-refractivity contribution in [2.45, 2.75) is 24.9 Å². The quantitative estimate of drug-likeness (QED) is 0.811. The van der Waals surface area contributed by atoms with Crippen LogP contribution in [-0.4, -0.2) is 33.4 Å². The van der Waals surface area contributed by atoms with Gasteiger partial charge in [-0.1, -0.05) is 29.8 Å². The molecular weight excluding hydrogens is 290 g/mol. The number of nitrogens with one attached hydrogen (secondary N) is 2. The first-order chi connectivity index (χ1) is 10.1. The third-order valence-corrected chi connectivity index (χ3v) is 4.22. The molecule has 1 aliphatic rings. The van der Waals surface area contributed by atoms with Crippen LogP contribution < -0.4 is 5.32 Å². The zero-order valence-corrected chi connectivity index (χ0v) is 12.2. The molecule has 3 rings (SSSR count). The Bertz CT molecular complexity index is 664. The summed E-state index contributed by atoms with van der Waals surface area (Å²) < 4.78 is 0. The molecule has 110 valence electrons. The Labute approximate surface area is 127 Å². The van der Waals surface area contributed by atoms with E-state index >= 15 is 0 Å². The Morgan fingerprint density at radius 2 is 2.19 bits per heavy atom. The number of aromatic amines is 1. The van der Waals surface area contributed by atoms with Crippen molar-refractivity contribution in [2.75, 3.05) is 6.54 Å². The van der Waals surface area contributed by atoms with Gasteiger partial charge in [0.05, 0.1) is 23.1 Å². The number of aromatic nitrogens is 2. The van der Waals surface area contributed by atoms with Crippen LogP contribution in [0.15, 0.2) is 30.5 Å². The Balaban J connectivity index is 1.79. The van der Waals surface area contributed by atoms with Gasteiger partial charge >= 0.3 is 0 Å².